The molecule has 0 spiro atoms. The molecule has 0 saturated carbocycles. The van der Waals surface area contributed by atoms with Crippen LogP contribution in [0, 0.1) is 5.82 Å². The number of ether oxygens (including phenoxy) is 1. The van der Waals surface area contributed by atoms with Gasteiger partial charge in [-0.1, -0.05) is 12.1 Å². The maximum Gasteiger partial charge on any atom is 0.324 e. The summed E-state index contributed by atoms with van der Waals surface area (Å²) in [5.74, 6) is -0.334. The Bertz CT molecular complexity index is 1170. The number of carbonyl (C=O) groups is 3. The number of hydrogen-bond acceptors (Lipinski definition) is 4. The summed E-state index contributed by atoms with van der Waals surface area (Å²) in [5.41, 5.74) is 1.71. The van der Waals surface area contributed by atoms with Crippen molar-refractivity contribution in [3.05, 3.63) is 66.1 Å². The smallest absolute Gasteiger partial charge is 0.324 e. The molecule has 2 aromatic carbocycles. The highest BCUT2D eigenvalue weighted by molar-refractivity contribution is 6.05. The first-order valence-corrected chi connectivity index (χ1v) is 10.7. The van der Waals surface area contributed by atoms with Gasteiger partial charge in [0.2, 0.25) is 5.91 Å². The van der Waals surface area contributed by atoms with Gasteiger partial charge in [-0.3, -0.25) is 14.5 Å². The fourth-order valence-corrected chi connectivity index (χ4v) is 3.89. The summed E-state index contributed by atoms with van der Waals surface area (Å²) in [6.45, 7) is 0.999. The zero-order valence-corrected chi connectivity index (χ0v) is 18.2. The van der Waals surface area contributed by atoms with Crippen molar-refractivity contribution in [3.63, 3.8) is 0 Å². The summed E-state index contributed by atoms with van der Waals surface area (Å²) < 4.78 is 20.5. The SMILES string of the molecule is COc1ccc(CCN2C(=O)N[C@H](CC(=O)NCCn3ccc4ccc(F)cc43)C2=O)cc1. The van der Waals surface area contributed by atoms with Crippen LogP contribution in [0.4, 0.5) is 9.18 Å². The molecule has 2 N–H and O–H groups in total. The molecule has 8 nitrogen and oxygen atoms in total. The van der Waals surface area contributed by atoms with E-state index < -0.39 is 18.0 Å². The van der Waals surface area contributed by atoms with Crippen molar-refractivity contribution in [2.75, 3.05) is 20.2 Å². The molecule has 33 heavy (non-hydrogen) atoms. The van der Waals surface area contributed by atoms with Crippen LogP contribution in [0.15, 0.2) is 54.7 Å². The Kier molecular flexibility index (Phi) is 6.58. The average Bonchev–Trinajstić information content (AvgIpc) is 3.32. The van der Waals surface area contributed by atoms with Gasteiger partial charge in [-0.05, 0) is 53.8 Å². The average molecular weight is 452 g/mol. The molecule has 0 unspecified atom stereocenters. The van der Waals surface area contributed by atoms with Crippen LogP contribution in [-0.4, -0.2) is 53.6 Å². The molecule has 1 aliphatic heterocycles. The van der Waals surface area contributed by atoms with Crippen LogP contribution in [0.25, 0.3) is 10.9 Å². The second kappa shape index (κ2) is 9.72. The van der Waals surface area contributed by atoms with Crippen molar-refractivity contribution < 1.29 is 23.5 Å². The van der Waals surface area contributed by atoms with Gasteiger partial charge in [0.1, 0.15) is 17.6 Å². The Balaban J connectivity index is 1.25. The summed E-state index contributed by atoms with van der Waals surface area (Å²) in [7, 11) is 1.59. The summed E-state index contributed by atoms with van der Waals surface area (Å²) in [5, 5.41) is 6.26. The minimum absolute atomic E-state index is 0.134. The van der Waals surface area contributed by atoms with Crippen molar-refractivity contribution >= 4 is 28.7 Å². The van der Waals surface area contributed by atoms with Gasteiger partial charge in [0.05, 0.1) is 19.0 Å². The minimum Gasteiger partial charge on any atom is -0.497 e. The number of hydrogen-bond donors (Lipinski definition) is 2. The van der Waals surface area contributed by atoms with E-state index in [9.17, 15) is 18.8 Å². The molecule has 4 rings (SSSR count). The summed E-state index contributed by atoms with van der Waals surface area (Å²) in [4.78, 5) is 38.3. The van der Waals surface area contributed by atoms with Crippen LogP contribution < -0.4 is 15.4 Å². The highest BCUT2D eigenvalue weighted by Gasteiger charge is 2.38. The zero-order valence-electron chi connectivity index (χ0n) is 18.2. The number of benzene rings is 2. The topological polar surface area (TPSA) is 92.7 Å². The highest BCUT2D eigenvalue weighted by atomic mass is 19.1. The molecule has 2 heterocycles. The second-order valence-electron chi connectivity index (χ2n) is 7.86. The molecule has 0 radical (unpaired) electrons. The standard InChI is InChI=1S/C24H25FN4O4/c1-33-19-6-2-16(3-7-19)8-12-29-23(31)20(27-24(29)32)15-22(30)26-10-13-28-11-9-17-4-5-18(25)14-21(17)28/h2-7,9,11,14,20H,8,10,12-13,15H2,1H3,(H,26,30)(H,27,32)/t20-/m1/s1. The predicted octanol–water partition coefficient (Wildman–Crippen LogP) is 2.46. The number of fused-ring (bicyclic) bond motifs is 1. The maximum atomic E-state index is 13.5. The van der Waals surface area contributed by atoms with Gasteiger partial charge in [0, 0.05) is 25.8 Å². The monoisotopic (exact) mass is 452 g/mol. The Labute approximate surface area is 190 Å². The molecule has 1 fully saturated rings. The summed E-state index contributed by atoms with van der Waals surface area (Å²) >= 11 is 0. The lowest BCUT2D eigenvalue weighted by molar-refractivity contribution is -0.130. The third kappa shape index (κ3) is 5.14. The van der Waals surface area contributed by atoms with Crippen LogP contribution in [-0.2, 0) is 22.6 Å². The molecule has 0 aliphatic carbocycles. The van der Waals surface area contributed by atoms with Crippen LogP contribution in [0.5, 0.6) is 5.75 Å². The molecule has 3 aromatic rings. The van der Waals surface area contributed by atoms with E-state index in [1.807, 2.05) is 41.1 Å². The van der Waals surface area contributed by atoms with Gasteiger partial charge in [0.15, 0.2) is 0 Å². The fourth-order valence-electron chi connectivity index (χ4n) is 3.89. The van der Waals surface area contributed by atoms with Crippen LogP contribution >= 0.6 is 0 Å². The second-order valence-corrected chi connectivity index (χ2v) is 7.86. The predicted molar refractivity (Wildman–Crippen MR) is 120 cm³/mol. The number of nitrogens with zero attached hydrogens (tertiary/aromatic N) is 2. The number of carbonyl (C=O) groups excluding carboxylic acids is 3. The Morgan fingerprint density at radius 2 is 1.91 bits per heavy atom. The van der Waals surface area contributed by atoms with E-state index in [2.05, 4.69) is 10.6 Å². The quantitative estimate of drug-likeness (QED) is 0.488. The van der Waals surface area contributed by atoms with Crippen molar-refractivity contribution in [1.82, 2.24) is 20.1 Å². The minimum atomic E-state index is -0.880. The van der Waals surface area contributed by atoms with Crippen molar-refractivity contribution in [3.8, 4) is 5.75 Å². The number of aromatic nitrogens is 1. The first kappa shape index (κ1) is 22.3. The van der Waals surface area contributed by atoms with Crippen LogP contribution in [0.1, 0.15) is 12.0 Å². The fraction of sp³-hybridized carbons (Fsp3) is 0.292. The van der Waals surface area contributed by atoms with Crippen molar-refractivity contribution in [1.29, 1.82) is 0 Å². The maximum absolute atomic E-state index is 13.5. The zero-order chi connectivity index (χ0) is 23.4. The first-order valence-electron chi connectivity index (χ1n) is 10.7. The van der Waals surface area contributed by atoms with Gasteiger partial charge < -0.3 is 19.9 Å². The highest BCUT2D eigenvalue weighted by Crippen LogP contribution is 2.17. The number of nitrogens with one attached hydrogen (secondary N) is 2. The number of methoxy groups -OCH3 is 1. The number of halogens is 1. The molecule has 172 valence electrons. The lowest BCUT2D eigenvalue weighted by atomic mass is 10.1. The number of amides is 4. The molecule has 1 atom stereocenters. The summed E-state index contributed by atoms with van der Waals surface area (Å²) in [6, 6.07) is 12.5. The third-order valence-electron chi connectivity index (χ3n) is 5.69. The van der Waals surface area contributed by atoms with Gasteiger partial charge in [-0.25, -0.2) is 9.18 Å². The molecule has 9 heteroatoms. The molecule has 1 aliphatic rings. The Morgan fingerprint density at radius 3 is 2.67 bits per heavy atom. The van der Waals surface area contributed by atoms with Gasteiger partial charge >= 0.3 is 6.03 Å². The number of imide groups is 1. The number of rotatable bonds is 9. The normalized spacial score (nSPS) is 15.7. The van der Waals surface area contributed by atoms with Crippen molar-refractivity contribution in [2.24, 2.45) is 0 Å². The third-order valence-corrected chi connectivity index (χ3v) is 5.69. The number of urea groups is 1. The van der Waals surface area contributed by atoms with Gasteiger partial charge in [-0.2, -0.15) is 0 Å². The Hall–Kier alpha value is -3.88. The summed E-state index contributed by atoms with van der Waals surface area (Å²) in [6.07, 6.45) is 2.20. The molecule has 1 aromatic heterocycles. The molecule has 1 saturated heterocycles. The van der Waals surface area contributed by atoms with Gasteiger partial charge in [-0.15, -0.1) is 0 Å². The molecular formula is C24H25FN4O4. The largest absolute Gasteiger partial charge is 0.497 e. The van der Waals surface area contributed by atoms with Gasteiger partial charge in [0.25, 0.3) is 5.91 Å². The lowest BCUT2D eigenvalue weighted by Crippen LogP contribution is -2.37. The van der Waals surface area contributed by atoms with E-state index in [0.29, 0.717) is 19.5 Å². The lowest BCUT2D eigenvalue weighted by Gasteiger charge is -2.13. The van der Waals surface area contributed by atoms with E-state index >= 15 is 0 Å². The molecular weight excluding hydrogens is 427 g/mol. The van der Waals surface area contributed by atoms with Crippen molar-refractivity contribution in [2.45, 2.75) is 25.4 Å². The van der Waals surface area contributed by atoms with E-state index in [0.717, 1.165) is 27.1 Å². The first-order chi connectivity index (χ1) is 15.9. The Morgan fingerprint density at radius 1 is 1.12 bits per heavy atom. The van der Waals surface area contributed by atoms with Crippen LogP contribution in [0.2, 0.25) is 0 Å². The molecule has 4 amide bonds. The van der Waals surface area contributed by atoms with E-state index in [-0.39, 0.29) is 24.7 Å². The van der Waals surface area contributed by atoms with Crippen LogP contribution in [0.3, 0.4) is 0 Å². The van der Waals surface area contributed by atoms with E-state index in [4.69, 9.17) is 4.74 Å². The van der Waals surface area contributed by atoms with E-state index in [1.54, 1.807) is 13.2 Å². The van der Waals surface area contributed by atoms with E-state index in [1.165, 1.54) is 12.1 Å². The molecule has 0 bridgehead atoms.